The molecule has 1 aromatic carbocycles. The van der Waals surface area contributed by atoms with Crippen LogP contribution in [0.15, 0.2) is 18.2 Å². The van der Waals surface area contributed by atoms with Gasteiger partial charge in [0, 0.05) is 17.5 Å². The quantitative estimate of drug-likeness (QED) is 0.467. The number of ketones is 1. The summed E-state index contributed by atoms with van der Waals surface area (Å²) in [4.78, 5) is 35.3. The van der Waals surface area contributed by atoms with E-state index >= 15 is 0 Å². The minimum Gasteiger partial charge on any atom is -0.480 e. The third kappa shape index (κ3) is 5.43. The second-order valence-corrected chi connectivity index (χ2v) is 6.76. The number of rotatable bonds is 8. The number of amides is 1. The number of carbonyl (C=O) groups excluding carboxylic acids is 2. The molecule has 1 atom stereocenters. The molecule has 1 amide bonds. The number of nitrogens with one attached hydrogen (secondary N) is 1. The van der Waals surface area contributed by atoms with Crippen molar-refractivity contribution in [2.45, 2.75) is 32.7 Å². The highest BCUT2D eigenvalue weighted by Gasteiger charge is 2.27. The Kier molecular flexibility index (Phi) is 6.61. The van der Waals surface area contributed by atoms with E-state index in [-0.39, 0.29) is 11.3 Å². The Morgan fingerprint density at radius 1 is 1.21 bits per heavy atom. The molecule has 24 heavy (non-hydrogen) atoms. The molecule has 3 N–H and O–H groups in total. The van der Waals surface area contributed by atoms with E-state index in [1.807, 2.05) is 12.2 Å². The van der Waals surface area contributed by atoms with Crippen LogP contribution in [0.3, 0.4) is 0 Å². The van der Waals surface area contributed by atoms with Gasteiger partial charge in [0.25, 0.3) is 16.0 Å². The summed E-state index contributed by atoms with van der Waals surface area (Å²) in [6, 6.07) is 2.65. The van der Waals surface area contributed by atoms with Crippen molar-refractivity contribution in [2.24, 2.45) is 0 Å². The molecule has 0 bridgehead atoms. The van der Waals surface area contributed by atoms with E-state index in [0.717, 1.165) is 0 Å². The molecule has 0 fully saturated rings. The molecule has 0 aliphatic carbocycles. The van der Waals surface area contributed by atoms with Gasteiger partial charge < -0.3 is 10.4 Å². The summed E-state index contributed by atoms with van der Waals surface area (Å²) < 4.78 is 30.4. The highest BCUT2D eigenvalue weighted by molar-refractivity contribution is 7.85. The molecule has 0 saturated heterocycles. The van der Waals surface area contributed by atoms with Gasteiger partial charge in [0.05, 0.1) is 0 Å². The third-order valence-corrected chi connectivity index (χ3v) is 4.09. The van der Waals surface area contributed by atoms with E-state index in [1.165, 1.54) is 12.1 Å². The Labute approximate surface area is 139 Å². The van der Waals surface area contributed by atoms with E-state index in [2.05, 4.69) is 0 Å². The molecule has 1 rings (SSSR count). The van der Waals surface area contributed by atoms with Gasteiger partial charge in [0.1, 0.15) is 11.8 Å². The Balaban J connectivity index is 3.08. The number of aliphatic carboxylic acids is 1. The van der Waals surface area contributed by atoms with Gasteiger partial charge >= 0.3 is 5.97 Å². The molecule has 0 saturated carbocycles. The molecular formula is C15H19NO7S. The summed E-state index contributed by atoms with van der Waals surface area (Å²) in [6.07, 6.45) is 0.955. The average Bonchev–Trinajstić information content (AvgIpc) is 2.45. The second-order valence-electron chi connectivity index (χ2n) is 5.26. The first-order valence-electron chi connectivity index (χ1n) is 7.18. The van der Waals surface area contributed by atoms with Gasteiger partial charge in [-0.3, -0.25) is 14.1 Å². The lowest BCUT2D eigenvalue weighted by molar-refractivity contribution is -0.138. The number of carboxylic acid groups (broad SMARTS) is 1. The van der Waals surface area contributed by atoms with Crippen molar-refractivity contribution in [2.75, 3.05) is 5.75 Å². The van der Waals surface area contributed by atoms with E-state index in [9.17, 15) is 22.8 Å². The normalized spacial score (nSPS) is 12.5. The van der Waals surface area contributed by atoms with Gasteiger partial charge in [-0.2, -0.15) is 8.42 Å². The Morgan fingerprint density at radius 2 is 1.79 bits per heavy atom. The largest absolute Gasteiger partial charge is 0.480 e. The van der Waals surface area contributed by atoms with Crippen LogP contribution in [0.2, 0.25) is 0 Å². The van der Waals surface area contributed by atoms with Crippen molar-refractivity contribution in [1.29, 1.82) is 0 Å². The highest BCUT2D eigenvalue weighted by Crippen LogP contribution is 2.16. The molecule has 1 unspecified atom stereocenters. The first-order valence-corrected chi connectivity index (χ1v) is 8.79. The number of Topliss-reactive ketones (excluding diaryl/α,β-unsaturated/α-hetero) is 1. The van der Waals surface area contributed by atoms with E-state index < -0.39 is 33.8 Å². The summed E-state index contributed by atoms with van der Waals surface area (Å²) in [5.74, 6) is -3.73. The van der Waals surface area contributed by atoms with Crippen LogP contribution in [0.4, 0.5) is 0 Å². The number of hydrogen-bond acceptors (Lipinski definition) is 5. The topological polar surface area (TPSA) is 138 Å². The molecule has 9 heteroatoms. The van der Waals surface area contributed by atoms with Gasteiger partial charge in [-0.05, 0) is 25.0 Å². The van der Waals surface area contributed by atoms with Crippen LogP contribution < -0.4 is 5.32 Å². The summed E-state index contributed by atoms with van der Waals surface area (Å²) >= 11 is 0. The highest BCUT2D eigenvalue weighted by atomic mass is 32.2. The van der Waals surface area contributed by atoms with Crippen LogP contribution in [-0.2, 0) is 14.9 Å². The molecule has 1 aromatic rings. The Bertz CT molecular complexity index is 755. The molecule has 132 valence electrons. The van der Waals surface area contributed by atoms with Gasteiger partial charge in [-0.25, -0.2) is 4.79 Å². The fraction of sp³-hybridized carbons (Fsp3) is 0.400. The summed E-state index contributed by atoms with van der Waals surface area (Å²) in [5.41, 5.74) is 0.800. The first-order chi connectivity index (χ1) is 11.1. The summed E-state index contributed by atoms with van der Waals surface area (Å²) in [5, 5.41) is 11.0. The fourth-order valence-electron chi connectivity index (χ4n) is 2.17. The zero-order valence-corrected chi connectivity index (χ0v) is 14.1. The molecule has 0 spiro atoms. The maximum absolute atomic E-state index is 12.2. The van der Waals surface area contributed by atoms with Crippen LogP contribution in [0.1, 0.15) is 46.0 Å². The minimum absolute atomic E-state index is 0.0681. The van der Waals surface area contributed by atoms with Gasteiger partial charge in [0.2, 0.25) is 0 Å². The number of benzene rings is 1. The standard InChI is InChI=1S/C15H19NO7S/c1-3-5-13(17)10-6-4-7-11(9(10)2)14(18)16-12(15(19)20)8-24(21,22)23/h4,6-7,12H,3,5,8H2,1-2H3,(H,16,18)(H,19,20)(H,21,22,23). The predicted octanol–water partition coefficient (Wildman–Crippen LogP) is 1.05. The lowest BCUT2D eigenvalue weighted by Crippen LogP contribution is -2.45. The summed E-state index contributed by atoms with van der Waals surface area (Å²) in [6.45, 7) is 3.40. The Morgan fingerprint density at radius 3 is 2.29 bits per heavy atom. The van der Waals surface area contributed by atoms with Crippen molar-refractivity contribution in [3.63, 3.8) is 0 Å². The van der Waals surface area contributed by atoms with Crippen LogP contribution in [0, 0.1) is 6.92 Å². The lowest BCUT2D eigenvalue weighted by Gasteiger charge is -2.15. The van der Waals surface area contributed by atoms with Gasteiger partial charge in [-0.15, -0.1) is 0 Å². The maximum atomic E-state index is 12.2. The van der Waals surface area contributed by atoms with E-state index in [0.29, 0.717) is 24.0 Å². The summed E-state index contributed by atoms with van der Waals surface area (Å²) in [7, 11) is -4.58. The number of carboxylic acids is 1. The molecule has 0 aliphatic heterocycles. The van der Waals surface area contributed by atoms with Gasteiger partial charge in [-0.1, -0.05) is 19.1 Å². The van der Waals surface area contributed by atoms with Crippen LogP contribution in [-0.4, -0.2) is 47.5 Å². The molecule has 8 nitrogen and oxygen atoms in total. The fourth-order valence-corrected chi connectivity index (χ4v) is 2.81. The molecular weight excluding hydrogens is 338 g/mol. The van der Waals surface area contributed by atoms with Crippen molar-refractivity contribution >= 4 is 27.8 Å². The Hall–Kier alpha value is -2.26. The van der Waals surface area contributed by atoms with Gasteiger partial charge in [0.15, 0.2) is 5.78 Å². The monoisotopic (exact) mass is 357 g/mol. The second kappa shape index (κ2) is 8.02. The van der Waals surface area contributed by atoms with Crippen molar-refractivity contribution in [1.82, 2.24) is 5.32 Å². The lowest BCUT2D eigenvalue weighted by atomic mass is 9.97. The van der Waals surface area contributed by atoms with Crippen LogP contribution in [0.25, 0.3) is 0 Å². The minimum atomic E-state index is -4.58. The van der Waals surface area contributed by atoms with E-state index in [4.69, 9.17) is 9.66 Å². The smallest absolute Gasteiger partial charge is 0.327 e. The molecule has 0 radical (unpaired) electrons. The van der Waals surface area contributed by atoms with Crippen LogP contribution in [0.5, 0.6) is 0 Å². The number of hydrogen-bond donors (Lipinski definition) is 3. The van der Waals surface area contributed by atoms with Crippen LogP contribution >= 0.6 is 0 Å². The van der Waals surface area contributed by atoms with Crippen molar-refractivity contribution in [3.05, 3.63) is 34.9 Å². The van der Waals surface area contributed by atoms with E-state index in [1.54, 1.807) is 13.0 Å². The third-order valence-electron chi connectivity index (χ3n) is 3.34. The SMILES string of the molecule is CCCC(=O)c1cccc(C(=O)NC(CS(=O)(=O)O)C(=O)O)c1C. The first kappa shape index (κ1) is 19.8. The maximum Gasteiger partial charge on any atom is 0.327 e. The molecule has 0 heterocycles. The van der Waals surface area contributed by atoms with Crippen molar-refractivity contribution < 1.29 is 32.5 Å². The molecule has 0 aliphatic rings. The molecule has 0 aromatic heterocycles. The zero-order valence-electron chi connectivity index (χ0n) is 13.3. The zero-order chi connectivity index (χ0) is 18.5. The van der Waals surface area contributed by atoms with Crippen molar-refractivity contribution in [3.8, 4) is 0 Å². The predicted molar refractivity (Wildman–Crippen MR) is 85.7 cm³/mol. The average molecular weight is 357 g/mol. The number of carbonyl (C=O) groups is 3.